The zero-order valence-corrected chi connectivity index (χ0v) is 15.9. The first-order chi connectivity index (χ1) is 12.9. The number of hydrogen-bond donors (Lipinski definition) is 1. The van der Waals surface area contributed by atoms with Crippen molar-refractivity contribution in [3.8, 4) is 17.0 Å². The van der Waals surface area contributed by atoms with Gasteiger partial charge in [-0.1, -0.05) is 13.8 Å². The average Bonchev–Trinajstić information content (AvgIpc) is 2.68. The maximum Gasteiger partial charge on any atom is 0.255 e. The Hall–Kier alpha value is -2.69. The average molecular weight is 366 g/mol. The molecular formula is C22H26N2O3. The van der Waals surface area contributed by atoms with E-state index in [1.807, 2.05) is 19.9 Å². The molecule has 1 amide bonds. The molecule has 1 aromatic heterocycles. The van der Waals surface area contributed by atoms with E-state index in [4.69, 9.17) is 0 Å². The molecular weight excluding hydrogens is 340 g/mol. The summed E-state index contributed by atoms with van der Waals surface area (Å²) in [5, 5.41) is 9.38. The molecule has 0 spiro atoms. The summed E-state index contributed by atoms with van der Waals surface area (Å²) < 4.78 is 0. The van der Waals surface area contributed by atoms with Crippen LogP contribution in [0.2, 0.25) is 0 Å². The Morgan fingerprint density at radius 1 is 1.19 bits per heavy atom. The van der Waals surface area contributed by atoms with Gasteiger partial charge in [-0.05, 0) is 55.2 Å². The van der Waals surface area contributed by atoms with Crippen LogP contribution in [0.1, 0.15) is 43.5 Å². The van der Waals surface area contributed by atoms with Crippen molar-refractivity contribution in [2.24, 2.45) is 11.8 Å². The van der Waals surface area contributed by atoms with Crippen LogP contribution in [0, 0.1) is 11.8 Å². The Balaban J connectivity index is 1.68. The second-order valence-electron chi connectivity index (χ2n) is 7.63. The van der Waals surface area contributed by atoms with E-state index in [0.717, 1.165) is 24.1 Å². The van der Waals surface area contributed by atoms with Gasteiger partial charge in [0.15, 0.2) is 0 Å². The number of likely N-dealkylation sites (tertiary alicyclic amines) is 1. The van der Waals surface area contributed by atoms with E-state index >= 15 is 0 Å². The third kappa shape index (κ3) is 4.73. The smallest absolute Gasteiger partial charge is 0.255 e. The van der Waals surface area contributed by atoms with Gasteiger partial charge < -0.3 is 10.0 Å². The summed E-state index contributed by atoms with van der Waals surface area (Å²) in [5.41, 5.74) is 2.16. The number of benzene rings is 1. The van der Waals surface area contributed by atoms with Gasteiger partial charge >= 0.3 is 0 Å². The standard InChI is InChI=1S/C22H26N2O3/c1-15(2)12-21(26)18-4-3-11-24(14-18)22(27)17-7-10-20(23-13-17)16-5-8-19(25)9-6-16/h5-10,13,15,18,25H,3-4,11-12,14H2,1-2H3/t18-/m0/s1. The fourth-order valence-corrected chi connectivity index (χ4v) is 3.50. The third-order valence-corrected chi connectivity index (χ3v) is 4.95. The number of aromatic hydroxyl groups is 1. The third-order valence-electron chi connectivity index (χ3n) is 4.95. The highest BCUT2D eigenvalue weighted by molar-refractivity contribution is 5.94. The van der Waals surface area contributed by atoms with Crippen molar-refractivity contribution >= 4 is 11.7 Å². The number of nitrogens with zero attached hydrogens (tertiary/aromatic N) is 2. The van der Waals surface area contributed by atoms with E-state index in [1.165, 1.54) is 0 Å². The first kappa shape index (κ1) is 19.1. The minimum atomic E-state index is -0.0678. The van der Waals surface area contributed by atoms with Crippen molar-refractivity contribution in [2.45, 2.75) is 33.1 Å². The Kier molecular flexibility index (Phi) is 5.89. The molecule has 2 heterocycles. The Bertz CT molecular complexity index is 797. The summed E-state index contributed by atoms with van der Waals surface area (Å²) in [6.45, 7) is 5.28. The molecule has 1 aliphatic heterocycles. The quantitative estimate of drug-likeness (QED) is 0.871. The fourth-order valence-electron chi connectivity index (χ4n) is 3.50. The molecule has 1 saturated heterocycles. The van der Waals surface area contributed by atoms with Gasteiger partial charge in [0.2, 0.25) is 0 Å². The molecule has 1 aromatic carbocycles. The van der Waals surface area contributed by atoms with Crippen molar-refractivity contribution in [3.05, 3.63) is 48.2 Å². The summed E-state index contributed by atoms with van der Waals surface area (Å²) in [5.74, 6) is 0.705. The highest BCUT2D eigenvalue weighted by Crippen LogP contribution is 2.23. The molecule has 1 N–H and O–H groups in total. The number of carbonyl (C=O) groups is 2. The topological polar surface area (TPSA) is 70.5 Å². The van der Waals surface area contributed by atoms with E-state index in [9.17, 15) is 14.7 Å². The van der Waals surface area contributed by atoms with Gasteiger partial charge in [-0.2, -0.15) is 0 Å². The normalized spacial score (nSPS) is 17.1. The van der Waals surface area contributed by atoms with Crippen molar-refractivity contribution in [1.82, 2.24) is 9.88 Å². The lowest BCUT2D eigenvalue weighted by molar-refractivity contribution is -0.124. The summed E-state index contributed by atoms with van der Waals surface area (Å²) in [7, 11) is 0. The van der Waals surface area contributed by atoms with Gasteiger partial charge in [0.1, 0.15) is 11.5 Å². The lowest BCUT2D eigenvalue weighted by atomic mass is 9.89. The molecule has 2 aromatic rings. The minimum Gasteiger partial charge on any atom is -0.508 e. The highest BCUT2D eigenvalue weighted by Gasteiger charge is 2.29. The predicted octanol–water partition coefficient (Wildman–Crippen LogP) is 3.92. The Morgan fingerprint density at radius 3 is 2.56 bits per heavy atom. The second-order valence-corrected chi connectivity index (χ2v) is 7.63. The first-order valence-corrected chi connectivity index (χ1v) is 9.51. The minimum absolute atomic E-state index is 0.0469. The van der Waals surface area contributed by atoms with Crippen LogP contribution in [-0.4, -0.2) is 39.8 Å². The van der Waals surface area contributed by atoms with Crippen LogP contribution in [-0.2, 0) is 4.79 Å². The molecule has 0 radical (unpaired) electrons. The van der Waals surface area contributed by atoms with Gasteiger partial charge in [0.05, 0.1) is 11.3 Å². The van der Waals surface area contributed by atoms with Crippen molar-refractivity contribution in [3.63, 3.8) is 0 Å². The molecule has 5 nitrogen and oxygen atoms in total. The Labute approximate surface area is 160 Å². The second kappa shape index (κ2) is 8.33. The summed E-state index contributed by atoms with van der Waals surface area (Å²) in [6, 6.07) is 10.4. The molecule has 1 aliphatic rings. The van der Waals surface area contributed by atoms with E-state index in [2.05, 4.69) is 4.98 Å². The zero-order chi connectivity index (χ0) is 19.4. The van der Waals surface area contributed by atoms with E-state index in [1.54, 1.807) is 41.4 Å². The molecule has 0 bridgehead atoms. The number of carbonyl (C=O) groups excluding carboxylic acids is 2. The molecule has 3 rings (SSSR count). The van der Waals surface area contributed by atoms with Crippen LogP contribution in [0.3, 0.4) is 0 Å². The van der Waals surface area contributed by atoms with Gasteiger partial charge in [0.25, 0.3) is 5.91 Å². The van der Waals surface area contributed by atoms with Crippen LogP contribution < -0.4 is 0 Å². The van der Waals surface area contributed by atoms with Crippen LogP contribution in [0.4, 0.5) is 0 Å². The van der Waals surface area contributed by atoms with Crippen LogP contribution in [0.15, 0.2) is 42.6 Å². The van der Waals surface area contributed by atoms with Crippen LogP contribution >= 0.6 is 0 Å². The number of Topliss-reactive ketones (excluding diaryl/α,β-unsaturated/α-hetero) is 1. The van der Waals surface area contributed by atoms with Crippen LogP contribution in [0.25, 0.3) is 11.3 Å². The SMILES string of the molecule is CC(C)CC(=O)[C@H]1CCCN(C(=O)c2ccc(-c3ccc(O)cc3)nc2)C1. The summed E-state index contributed by atoms with van der Waals surface area (Å²) >= 11 is 0. The molecule has 0 aliphatic carbocycles. The number of phenols is 1. The Morgan fingerprint density at radius 2 is 1.93 bits per heavy atom. The maximum atomic E-state index is 12.8. The fraction of sp³-hybridized carbons (Fsp3) is 0.409. The number of aromatic nitrogens is 1. The van der Waals surface area contributed by atoms with Gasteiger partial charge in [-0.15, -0.1) is 0 Å². The molecule has 0 saturated carbocycles. The molecule has 5 heteroatoms. The summed E-state index contributed by atoms with van der Waals surface area (Å²) in [4.78, 5) is 31.4. The van der Waals surface area contributed by atoms with Crippen molar-refractivity contribution < 1.29 is 14.7 Å². The number of rotatable bonds is 5. The molecule has 0 unspecified atom stereocenters. The van der Waals surface area contributed by atoms with E-state index < -0.39 is 0 Å². The lowest BCUT2D eigenvalue weighted by Gasteiger charge is -2.32. The van der Waals surface area contributed by atoms with Crippen molar-refractivity contribution in [2.75, 3.05) is 13.1 Å². The van der Waals surface area contributed by atoms with E-state index in [-0.39, 0.29) is 23.4 Å². The first-order valence-electron chi connectivity index (χ1n) is 9.51. The van der Waals surface area contributed by atoms with Gasteiger partial charge in [-0.3, -0.25) is 14.6 Å². The highest BCUT2D eigenvalue weighted by atomic mass is 16.3. The van der Waals surface area contributed by atoms with E-state index in [0.29, 0.717) is 31.0 Å². The predicted molar refractivity (Wildman–Crippen MR) is 104 cm³/mol. The molecule has 27 heavy (non-hydrogen) atoms. The molecule has 142 valence electrons. The number of pyridine rings is 1. The monoisotopic (exact) mass is 366 g/mol. The molecule has 1 atom stereocenters. The largest absolute Gasteiger partial charge is 0.508 e. The maximum absolute atomic E-state index is 12.8. The van der Waals surface area contributed by atoms with Gasteiger partial charge in [0, 0.05) is 37.2 Å². The molecule has 1 fully saturated rings. The number of piperidine rings is 1. The van der Waals surface area contributed by atoms with Gasteiger partial charge in [-0.25, -0.2) is 0 Å². The number of hydrogen-bond acceptors (Lipinski definition) is 4. The number of ketones is 1. The summed E-state index contributed by atoms with van der Waals surface area (Å²) in [6.07, 6.45) is 3.90. The lowest BCUT2D eigenvalue weighted by Crippen LogP contribution is -2.42. The van der Waals surface area contributed by atoms with Crippen LogP contribution in [0.5, 0.6) is 5.75 Å². The number of phenolic OH excluding ortho intramolecular Hbond substituents is 1. The number of amides is 1. The van der Waals surface area contributed by atoms with Crippen molar-refractivity contribution in [1.29, 1.82) is 0 Å². The zero-order valence-electron chi connectivity index (χ0n) is 15.9.